The van der Waals surface area contributed by atoms with Crippen LogP contribution in [-0.4, -0.2) is 40.7 Å². The Hall–Kier alpha value is -2.63. The molecular weight excluding hydrogens is 476 g/mol. The third-order valence-electron chi connectivity index (χ3n) is 7.05. The Bertz CT molecular complexity index is 1180. The molecule has 6 heteroatoms. The summed E-state index contributed by atoms with van der Waals surface area (Å²) in [4.78, 5) is 32.3. The zero-order valence-corrected chi connectivity index (χ0v) is 21.7. The van der Waals surface area contributed by atoms with Gasteiger partial charge in [-0.3, -0.25) is 9.59 Å². The van der Waals surface area contributed by atoms with Crippen LogP contribution < -0.4 is 0 Å². The number of halogens is 1. The van der Waals surface area contributed by atoms with Crippen LogP contribution >= 0.6 is 22.9 Å². The number of carbonyl (C=O) groups excluding carboxylic acids is 2. The molecule has 1 aliphatic carbocycles. The molecular formula is C29H31ClN2O2S. The lowest BCUT2D eigenvalue weighted by Gasteiger charge is -2.37. The number of nitrogens with zero attached hydrogens (tertiary/aromatic N) is 2. The Labute approximate surface area is 216 Å². The highest BCUT2D eigenvalue weighted by Crippen LogP contribution is 2.38. The van der Waals surface area contributed by atoms with Gasteiger partial charge in [-0.1, -0.05) is 49.2 Å². The molecule has 4 nitrogen and oxygen atoms in total. The average Bonchev–Trinajstić information content (AvgIpc) is 3.61. The van der Waals surface area contributed by atoms with Crippen molar-refractivity contribution in [3.8, 4) is 0 Å². The van der Waals surface area contributed by atoms with Crippen molar-refractivity contribution in [2.24, 2.45) is 0 Å². The van der Waals surface area contributed by atoms with Crippen molar-refractivity contribution in [2.45, 2.75) is 57.5 Å². The molecule has 1 unspecified atom stereocenters. The van der Waals surface area contributed by atoms with Crippen LogP contribution in [0.15, 0.2) is 60.0 Å². The fraction of sp³-hybridized carbons (Fsp3) is 0.379. The Balaban J connectivity index is 1.36. The molecule has 0 saturated heterocycles. The zero-order valence-electron chi connectivity index (χ0n) is 20.1. The molecule has 1 aliphatic heterocycles. The predicted octanol–water partition coefficient (Wildman–Crippen LogP) is 6.52. The number of unbranched alkanes of at least 4 members (excludes halogenated alkanes) is 1. The maximum absolute atomic E-state index is 13.7. The van der Waals surface area contributed by atoms with Crippen LogP contribution in [0, 0.1) is 0 Å². The Morgan fingerprint density at radius 2 is 1.80 bits per heavy atom. The van der Waals surface area contributed by atoms with Crippen molar-refractivity contribution in [3.63, 3.8) is 0 Å². The summed E-state index contributed by atoms with van der Waals surface area (Å²) in [5.74, 6) is -0.0409. The molecule has 2 aliphatic rings. The molecule has 2 heterocycles. The third kappa shape index (κ3) is 5.31. The summed E-state index contributed by atoms with van der Waals surface area (Å²) in [6, 6.07) is 17.8. The quantitative estimate of drug-likeness (QED) is 0.349. The van der Waals surface area contributed by atoms with Crippen molar-refractivity contribution in [1.82, 2.24) is 9.80 Å². The summed E-state index contributed by atoms with van der Waals surface area (Å²) < 4.78 is 0. The van der Waals surface area contributed by atoms with Crippen LogP contribution in [0.4, 0.5) is 0 Å². The molecule has 2 aromatic carbocycles. The minimum Gasteiger partial charge on any atom is -0.330 e. The first kappa shape index (κ1) is 24.1. The second-order valence-electron chi connectivity index (χ2n) is 9.56. The van der Waals surface area contributed by atoms with Gasteiger partial charge in [-0.2, -0.15) is 0 Å². The van der Waals surface area contributed by atoms with E-state index in [9.17, 15) is 9.59 Å². The lowest BCUT2D eigenvalue weighted by atomic mass is 9.93. The van der Waals surface area contributed by atoms with Gasteiger partial charge in [0.1, 0.15) is 6.54 Å². The van der Waals surface area contributed by atoms with E-state index < -0.39 is 0 Å². The van der Waals surface area contributed by atoms with Crippen LogP contribution in [0.2, 0.25) is 5.02 Å². The fourth-order valence-corrected chi connectivity index (χ4v) is 5.97. The van der Waals surface area contributed by atoms with Crippen LogP contribution in [0.25, 0.3) is 0 Å². The molecule has 5 rings (SSSR count). The van der Waals surface area contributed by atoms with E-state index in [0.717, 1.165) is 44.1 Å². The van der Waals surface area contributed by atoms with Gasteiger partial charge < -0.3 is 9.80 Å². The monoisotopic (exact) mass is 506 g/mol. The van der Waals surface area contributed by atoms with E-state index in [0.29, 0.717) is 17.1 Å². The summed E-state index contributed by atoms with van der Waals surface area (Å²) in [5, 5.41) is 2.78. The molecule has 0 bridgehead atoms. The lowest BCUT2D eigenvalue weighted by Crippen LogP contribution is -2.47. The molecule has 182 valence electrons. The van der Waals surface area contributed by atoms with Crippen molar-refractivity contribution >= 4 is 34.8 Å². The zero-order chi connectivity index (χ0) is 24.4. The molecule has 35 heavy (non-hydrogen) atoms. The number of hydrogen-bond acceptors (Lipinski definition) is 3. The number of amides is 2. The fourth-order valence-electron chi connectivity index (χ4n) is 4.94. The van der Waals surface area contributed by atoms with Crippen molar-refractivity contribution in [3.05, 3.63) is 92.1 Å². The Morgan fingerprint density at radius 3 is 2.49 bits per heavy atom. The number of carbonyl (C=O) groups is 2. The van der Waals surface area contributed by atoms with E-state index in [4.69, 9.17) is 11.6 Å². The number of rotatable bonds is 8. The maximum Gasteiger partial charge on any atom is 0.254 e. The topological polar surface area (TPSA) is 40.6 Å². The van der Waals surface area contributed by atoms with Gasteiger partial charge in [0.05, 0.1) is 6.04 Å². The van der Waals surface area contributed by atoms with E-state index in [1.807, 2.05) is 41.3 Å². The van der Waals surface area contributed by atoms with Gasteiger partial charge in [-0.15, -0.1) is 11.3 Å². The molecule has 0 spiro atoms. The molecule has 0 N–H and O–H groups in total. The highest BCUT2D eigenvalue weighted by atomic mass is 35.5. The smallest absolute Gasteiger partial charge is 0.254 e. The highest BCUT2D eigenvalue weighted by Gasteiger charge is 2.38. The molecule has 1 aromatic heterocycles. The SMILES string of the molecule is CCCCc1ccc(C(=O)N(CC(=O)N2CCc3sccc3C2c2ccc(Cl)cc2)C2CC2)cc1. The summed E-state index contributed by atoms with van der Waals surface area (Å²) in [7, 11) is 0. The number of aryl methyl sites for hydroxylation is 1. The van der Waals surface area contributed by atoms with Crippen molar-refractivity contribution in [2.75, 3.05) is 13.1 Å². The summed E-state index contributed by atoms with van der Waals surface area (Å²) in [6.07, 6.45) is 6.09. The first-order valence-electron chi connectivity index (χ1n) is 12.6. The van der Waals surface area contributed by atoms with Gasteiger partial charge >= 0.3 is 0 Å². The van der Waals surface area contributed by atoms with E-state index in [1.165, 1.54) is 16.0 Å². The molecule has 0 radical (unpaired) electrons. The highest BCUT2D eigenvalue weighted by molar-refractivity contribution is 7.10. The molecule has 2 amide bonds. The first-order chi connectivity index (χ1) is 17.0. The number of benzene rings is 2. The van der Waals surface area contributed by atoms with Crippen molar-refractivity contribution < 1.29 is 9.59 Å². The second kappa shape index (κ2) is 10.5. The van der Waals surface area contributed by atoms with Gasteiger partial charge in [0, 0.05) is 28.0 Å². The average molecular weight is 507 g/mol. The van der Waals surface area contributed by atoms with Gasteiger partial charge in [0.15, 0.2) is 0 Å². The molecule has 1 fully saturated rings. The Morgan fingerprint density at radius 1 is 1.06 bits per heavy atom. The van der Waals surface area contributed by atoms with Crippen LogP contribution in [0.3, 0.4) is 0 Å². The third-order valence-corrected chi connectivity index (χ3v) is 8.29. The van der Waals surface area contributed by atoms with Crippen LogP contribution in [-0.2, 0) is 17.6 Å². The van der Waals surface area contributed by atoms with Gasteiger partial charge in [0.2, 0.25) is 5.91 Å². The van der Waals surface area contributed by atoms with E-state index >= 15 is 0 Å². The lowest BCUT2D eigenvalue weighted by molar-refractivity contribution is -0.134. The Kier molecular flexibility index (Phi) is 7.26. The van der Waals surface area contributed by atoms with E-state index in [1.54, 1.807) is 16.2 Å². The normalized spacial score (nSPS) is 17.2. The van der Waals surface area contributed by atoms with Gasteiger partial charge in [0.25, 0.3) is 5.91 Å². The summed E-state index contributed by atoms with van der Waals surface area (Å²) >= 11 is 7.89. The maximum atomic E-state index is 13.7. The second-order valence-corrected chi connectivity index (χ2v) is 11.0. The van der Waals surface area contributed by atoms with E-state index in [2.05, 4.69) is 30.5 Å². The molecule has 1 atom stereocenters. The summed E-state index contributed by atoms with van der Waals surface area (Å²) in [6.45, 7) is 2.95. The van der Waals surface area contributed by atoms with Crippen LogP contribution in [0.1, 0.15) is 70.6 Å². The minimum absolute atomic E-state index is 0.00150. The number of hydrogen-bond donors (Lipinski definition) is 0. The minimum atomic E-state index is -0.149. The van der Waals surface area contributed by atoms with E-state index in [-0.39, 0.29) is 30.4 Å². The molecule has 1 saturated carbocycles. The molecule has 3 aromatic rings. The number of fused-ring (bicyclic) bond motifs is 1. The predicted molar refractivity (Wildman–Crippen MR) is 142 cm³/mol. The van der Waals surface area contributed by atoms with Crippen molar-refractivity contribution in [1.29, 1.82) is 0 Å². The first-order valence-corrected chi connectivity index (χ1v) is 13.8. The standard InChI is InChI=1S/C29H31ClN2O2S/c1-2-3-4-20-5-7-22(8-6-20)29(34)32(24-13-14-24)19-27(33)31-17-15-26-25(16-18-35-26)28(31)21-9-11-23(30)12-10-21/h5-12,16,18,24,28H,2-4,13-15,17,19H2,1H3. The van der Waals surface area contributed by atoms with Gasteiger partial charge in [-0.25, -0.2) is 0 Å². The van der Waals surface area contributed by atoms with Crippen LogP contribution in [0.5, 0.6) is 0 Å². The summed E-state index contributed by atoms with van der Waals surface area (Å²) in [5.41, 5.74) is 4.15. The largest absolute Gasteiger partial charge is 0.330 e. The number of thiophene rings is 1. The van der Waals surface area contributed by atoms with Gasteiger partial charge in [-0.05, 0) is 84.5 Å².